The minimum Gasteiger partial charge on any atom is -0.310 e. The molecule has 3 nitrogen and oxygen atoms in total. The highest BCUT2D eigenvalue weighted by atomic mass is 19.3. The summed E-state index contributed by atoms with van der Waals surface area (Å²) in [6.07, 6.45) is 4.36. The van der Waals surface area contributed by atoms with Gasteiger partial charge in [-0.05, 0) is 19.9 Å². The Labute approximate surface area is 124 Å². The Morgan fingerprint density at radius 3 is 2.67 bits per heavy atom. The summed E-state index contributed by atoms with van der Waals surface area (Å²) >= 11 is 0. The van der Waals surface area contributed by atoms with Crippen molar-refractivity contribution in [3.05, 3.63) is 53.9 Å². The molecule has 2 aromatic rings. The monoisotopic (exact) mass is 293 g/mol. The largest absolute Gasteiger partial charge is 0.310 e. The number of halogens is 2. The van der Waals surface area contributed by atoms with E-state index in [0.29, 0.717) is 0 Å². The van der Waals surface area contributed by atoms with Crippen LogP contribution < -0.4 is 5.32 Å². The van der Waals surface area contributed by atoms with E-state index in [9.17, 15) is 8.78 Å². The summed E-state index contributed by atoms with van der Waals surface area (Å²) in [6, 6.07) is 7.96. The Kier molecular flexibility index (Phi) is 5.07. The number of rotatable bonds is 7. The summed E-state index contributed by atoms with van der Waals surface area (Å²) in [5.74, 6) is -2.93. The molecule has 0 fully saturated rings. The zero-order chi connectivity index (χ0) is 15.3. The van der Waals surface area contributed by atoms with Crippen molar-refractivity contribution in [3.8, 4) is 0 Å². The van der Waals surface area contributed by atoms with Crippen LogP contribution in [0.2, 0.25) is 0 Å². The van der Waals surface area contributed by atoms with Gasteiger partial charge in [0, 0.05) is 23.4 Å². The lowest BCUT2D eigenvalue weighted by atomic mass is 10.1. The SMILES string of the molecule is CCCNC(C)c1cnn(CC(F)(F)c2ccccc2)c1. The van der Waals surface area contributed by atoms with Gasteiger partial charge < -0.3 is 5.32 Å². The lowest BCUT2D eigenvalue weighted by Crippen LogP contribution is -2.22. The minimum atomic E-state index is -2.93. The predicted octanol–water partition coefficient (Wildman–Crippen LogP) is 3.74. The summed E-state index contributed by atoms with van der Waals surface area (Å²) in [5.41, 5.74) is 0.937. The maximum Gasteiger partial charge on any atom is 0.292 e. The summed E-state index contributed by atoms with van der Waals surface area (Å²) in [4.78, 5) is 0. The minimum absolute atomic E-state index is 0.0132. The number of nitrogens with zero attached hydrogens (tertiary/aromatic N) is 2. The fraction of sp³-hybridized carbons (Fsp3) is 0.438. The van der Waals surface area contributed by atoms with Crippen LogP contribution in [0, 0.1) is 0 Å². The van der Waals surface area contributed by atoms with Crippen molar-refractivity contribution in [1.29, 1.82) is 0 Å². The highest BCUT2D eigenvalue weighted by molar-refractivity contribution is 5.20. The Balaban J connectivity index is 2.05. The van der Waals surface area contributed by atoms with Gasteiger partial charge in [0.15, 0.2) is 0 Å². The molecule has 1 unspecified atom stereocenters. The van der Waals surface area contributed by atoms with Crippen LogP contribution in [-0.2, 0) is 12.5 Å². The molecule has 0 amide bonds. The zero-order valence-electron chi connectivity index (χ0n) is 12.4. The molecule has 0 spiro atoms. The first-order valence-corrected chi connectivity index (χ1v) is 7.22. The molecule has 0 saturated carbocycles. The van der Waals surface area contributed by atoms with Crippen LogP contribution in [0.4, 0.5) is 8.78 Å². The third kappa shape index (κ3) is 4.11. The maximum atomic E-state index is 14.2. The Bertz CT molecular complexity index is 552. The normalized spacial score (nSPS) is 13.3. The van der Waals surface area contributed by atoms with Gasteiger partial charge in [-0.1, -0.05) is 37.3 Å². The third-order valence-corrected chi connectivity index (χ3v) is 3.41. The molecule has 0 bridgehead atoms. The topological polar surface area (TPSA) is 29.9 Å². The third-order valence-electron chi connectivity index (χ3n) is 3.41. The molecule has 1 atom stereocenters. The zero-order valence-corrected chi connectivity index (χ0v) is 12.4. The van der Waals surface area contributed by atoms with E-state index in [4.69, 9.17) is 0 Å². The maximum absolute atomic E-state index is 14.2. The first-order chi connectivity index (χ1) is 10.0. The molecule has 114 valence electrons. The summed E-state index contributed by atoms with van der Waals surface area (Å²) < 4.78 is 29.7. The van der Waals surface area contributed by atoms with Gasteiger partial charge in [-0.15, -0.1) is 0 Å². The molecule has 5 heteroatoms. The van der Waals surface area contributed by atoms with Crippen LogP contribution in [0.3, 0.4) is 0 Å². The van der Waals surface area contributed by atoms with Crippen molar-refractivity contribution >= 4 is 0 Å². The molecule has 0 saturated heterocycles. The van der Waals surface area contributed by atoms with Gasteiger partial charge in [0.05, 0.1) is 6.20 Å². The standard InChI is InChI=1S/C16H21F2N3/c1-3-9-19-13(2)14-10-20-21(11-14)12-16(17,18)15-7-5-4-6-8-15/h4-8,10-11,13,19H,3,9,12H2,1-2H3. The van der Waals surface area contributed by atoms with E-state index in [1.807, 2.05) is 6.92 Å². The molecule has 1 aromatic carbocycles. The molecule has 1 aromatic heterocycles. The van der Waals surface area contributed by atoms with Gasteiger partial charge in [-0.3, -0.25) is 4.68 Å². The van der Waals surface area contributed by atoms with Crippen LogP contribution in [0.1, 0.15) is 37.4 Å². The fourth-order valence-corrected chi connectivity index (χ4v) is 2.15. The van der Waals surface area contributed by atoms with Crippen LogP contribution in [-0.4, -0.2) is 16.3 Å². The van der Waals surface area contributed by atoms with Crippen molar-refractivity contribution in [3.63, 3.8) is 0 Å². The van der Waals surface area contributed by atoms with Gasteiger partial charge in [-0.2, -0.15) is 13.9 Å². The van der Waals surface area contributed by atoms with Crippen LogP contribution in [0.25, 0.3) is 0 Å². The first kappa shape index (κ1) is 15.6. The quantitative estimate of drug-likeness (QED) is 0.843. The Morgan fingerprint density at radius 1 is 1.29 bits per heavy atom. The molecule has 1 N–H and O–H groups in total. The second-order valence-electron chi connectivity index (χ2n) is 5.22. The van der Waals surface area contributed by atoms with Crippen molar-refractivity contribution < 1.29 is 8.78 Å². The van der Waals surface area contributed by atoms with E-state index in [0.717, 1.165) is 18.5 Å². The number of hydrogen-bond donors (Lipinski definition) is 1. The van der Waals surface area contributed by atoms with Gasteiger partial charge in [0.25, 0.3) is 5.92 Å². The molecule has 0 aliphatic carbocycles. The molecule has 0 aliphatic rings. The Hall–Kier alpha value is -1.75. The average molecular weight is 293 g/mol. The average Bonchev–Trinajstić information content (AvgIpc) is 2.93. The Morgan fingerprint density at radius 2 is 2.00 bits per heavy atom. The molecule has 0 aliphatic heterocycles. The van der Waals surface area contributed by atoms with E-state index >= 15 is 0 Å². The van der Waals surface area contributed by atoms with E-state index < -0.39 is 12.5 Å². The molecule has 21 heavy (non-hydrogen) atoms. The number of nitrogens with one attached hydrogen (secondary N) is 1. The predicted molar refractivity (Wildman–Crippen MR) is 79.3 cm³/mol. The van der Waals surface area contributed by atoms with Crippen molar-refractivity contribution in [2.24, 2.45) is 0 Å². The highest BCUT2D eigenvalue weighted by Crippen LogP contribution is 2.29. The van der Waals surface area contributed by atoms with E-state index in [-0.39, 0.29) is 11.6 Å². The lowest BCUT2D eigenvalue weighted by molar-refractivity contribution is -0.0254. The highest BCUT2D eigenvalue weighted by Gasteiger charge is 2.32. The van der Waals surface area contributed by atoms with Crippen LogP contribution in [0.5, 0.6) is 0 Å². The molecular weight excluding hydrogens is 272 g/mol. The van der Waals surface area contributed by atoms with Crippen LogP contribution >= 0.6 is 0 Å². The van der Waals surface area contributed by atoms with Gasteiger partial charge in [0.1, 0.15) is 6.54 Å². The van der Waals surface area contributed by atoms with Crippen molar-refractivity contribution in [1.82, 2.24) is 15.1 Å². The smallest absolute Gasteiger partial charge is 0.292 e. The molecule has 2 rings (SSSR count). The van der Waals surface area contributed by atoms with Gasteiger partial charge >= 0.3 is 0 Å². The fourth-order valence-electron chi connectivity index (χ4n) is 2.15. The second-order valence-corrected chi connectivity index (χ2v) is 5.22. The second kappa shape index (κ2) is 6.80. The van der Waals surface area contributed by atoms with E-state index in [2.05, 4.69) is 17.3 Å². The number of benzene rings is 1. The summed E-state index contributed by atoms with van der Waals surface area (Å²) in [5, 5.41) is 7.37. The van der Waals surface area contributed by atoms with E-state index in [1.165, 1.54) is 16.8 Å². The molecule has 0 radical (unpaired) electrons. The summed E-state index contributed by atoms with van der Waals surface area (Å²) in [7, 11) is 0. The van der Waals surface area contributed by atoms with E-state index in [1.54, 1.807) is 30.6 Å². The first-order valence-electron chi connectivity index (χ1n) is 7.22. The van der Waals surface area contributed by atoms with Crippen molar-refractivity contribution in [2.75, 3.05) is 6.54 Å². The summed E-state index contributed by atoms with van der Waals surface area (Å²) in [6.45, 7) is 4.54. The van der Waals surface area contributed by atoms with Crippen LogP contribution in [0.15, 0.2) is 42.7 Å². The van der Waals surface area contributed by atoms with Gasteiger partial charge in [0.2, 0.25) is 0 Å². The number of aromatic nitrogens is 2. The number of alkyl halides is 2. The van der Waals surface area contributed by atoms with Gasteiger partial charge in [-0.25, -0.2) is 0 Å². The molecular formula is C16H21F2N3. The van der Waals surface area contributed by atoms with Crippen molar-refractivity contribution in [2.45, 2.75) is 38.8 Å². The molecule has 1 heterocycles. The number of hydrogen-bond acceptors (Lipinski definition) is 2. The lowest BCUT2D eigenvalue weighted by Gasteiger charge is -2.16.